The summed E-state index contributed by atoms with van der Waals surface area (Å²) in [6, 6.07) is 10.9. The molecule has 3 rings (SSSR count). The van der Waals surface area contributed by atoms with Crippen LogP contribution in [0.1, 0.15) is 27.9 Å². The van der Waals surface area contributed by atoms with Gasteiger partial charge in [-0.25, -0.2) is 4.79 Å². The second-order valence-electron chi connectivity index (χ2n) is 6.20. The molecule has 0 fully saturated rings. The molecule has 0 saturated heterocycles. The molecule has 1 aliphatic rings. The van der Waals surface area contributed by atoms with Gasteiger partial charge in [0.05, 0.1) is 24.7 Å². The lowest BCUT2D eigenvalue weighted by molar-refractivity contribution is -0.146. The average molecular weight is 456 g/mol. The van der Waals surface area contributed by atoms with Gasteiger partial charge in [-0.3, -0.25) is 0 Å². The predicted molar refractivity (Wildman–Crippen MR) is 106 cm³/mol. The van der Waals surface area contributed by atoms with Crippen LogP contribution in [0, 0.1) is 0 Å². The normalized spacial score (nSPS) is 18.7. The SMILES string of the molecule is COC(=O)c1ccc(Br)cc1C1(C(OC)OC)CCOc2cc(Cl)ccc21. The van der Waals surface area contributed by atoms with E-state index in [0.29, 0.717) is 29.4 Å². The summed E-state index contributed by atoms with van der Waals surface area (Å²) in [7, 11) is 4.52. The summed E-state index contributed by atoms with van der Waals surface area (Å²) >= 11 is 9.68. The third kappa shape index (κ3) is 3.47. The van der Waals surface area contributed by atoms with E-state index in [9.17, 15) is 4.79 Å². The molecule has 144 valence electrons. The summed E-state index contributed by atoms with van der Waals surface area (Å²) in [4.78, 5) is 12.5. The van der Waals surface area contributed by atoms with E-state index in [4.69, 9.17) is 30.5 Å². The molecule has 27 heavy (non-hydrogen) atoms. The highest BCUT2D eigenvalue weighted by Gasteiger charge is 2.49. The third-order valence-corrected chi connectivity index (χ3v) is 5.60. The molecule has 1 unspecified atom stereocenters. The molecule has 1 heterocycles. The number of rotatable bonds is 5. The summed E-state index contributed by atoms with van der Waals surface area (Å²) in [6.45, 7) is 0.420. The van der Waals surface area contributed by atoms with Crippen LogP contribution in [0.4, 0.5) is 0 Å². The molecule has 0 radical (unpaired) electrons. The van der Waals surface area contributed by atoms with Crippen molar-refractivity contribution in [2.75, 3.05) is 27.9 Å². The van der Waals surface area contributed by atoms with Crippen molar-refractivity contribution in [3.8, 4) is 5.75 Å². The largest absolute Gasteiger partial charge is 0.493 e. The minimum Gasteiger partial charge on any atom is -0.493 e. The van der Waals surface area contributed by atoms with Crippen LogP contribution < -0.4 is 4.74 Å². The summed E-state index contributed by atoms with van der Waals surface area (Å²) in [5.74, 6) is 0.216. The zero-order valence-corrected chi connectivity index (χ0v) is 17.6. The van der Waals surface area contributed by atoms with Gasteiger partial charge in [-0.15, -0.1) is 0 Å². The van der Waals surface area contributed by atoms with Gasteiger partial charge in [0, 0.05) is 35.7 Å². The van der Waals surface area contributed by atoms with Gasteiger partial charge in [0.15, 0.2) is 6.29 Å². The number of fused-ring (bicyclic) bond motifs is 1. The van der Waals surface area contributed by atoms with Gasteiger partial charge in [-0.2, -0.15) is 0 Å². The van der Waals surface area contributed by atoms with E-state index in [1.165, 1.54) is 7.11 Å². The van der Waals surface area contributed by atoms with E-state index in [1.807, 2.05) is 12.1 Å². The van der Waals surface area contributed by atoms with Gasteiger partial charge in [0.1, 0.15) is 5.75 Å². The Labute approximate surface area is 171 Å². The maximum Gasteiger partial charge on any atom is 0.338 e. The molecule has 0 bridgehead atoms. The number of hydrogen-bond donors (Lipinski definition) is 0. The highest BCUT2D eigenvalue weighted by atomic mass is 79.9. The topological polar surface area (TPSA) is 54.0 Å². The number of halogens is 2. The van der Waals surface area contributed by atoms with Gasteiger partial charge < -0.3 is 18.9 Å². The Hall–Kier alpha value is -1.60. The van der Waals surface area contributed by atoms with Crippen molar-refractivity contribution >= 4 is 33.5 Å². The fourth-order valence-corrected chi connectivity index (χ4v) is 4.29. The van der Waals surface area contributed by atoms with E-state index in [1.54, 1.807) is 38.5 Å². The first-order valence-corrected chi connectivity index (χ1v) is 9.51. The molecular formula is C20H20BrClO5. The van der Waals surface area contributed by atoms with E-state index >= 15 is 0 Å². The van der Waals surface area contributed by atoms with Crippen LogP contribution in [-0.2, 0) is 19.6 Å². The van der Waals surface area contributed by atoms with Gasteiger partial charge in [-0.1, -0.05) is 33.6 Å². The van der Waals surface area contributed by atoms with Gasteiger partial charge >= 0.3 is 5.97 Å². The Kier molecular flexibility index (Phi) is 6.11. The van der Waals surface area contributed by atoms with Gasteiger partial charge in [-0.05, 0) is 35.9 Å². The van der Waals surface area contributed by atoms with Crippen LogP contribution in [0.5, 0.6) is 5.75 Å². The lowest BCUT2D eigenvalue weighted by Gasteiger charge is -2.44. The summed E-state index contributed by atoms with van der Waals surface area (Å²) in [5.41, 5.74) is 1.25. The summed E-state index contributed by atoms with van der Waals surface area (Å²) < 4.78 is 23.1. The molecule has 7 heteroatoms. The summed E-state index contributed by atoms with van der Waals surface area (Å²) in [6.07, 6.45) is -0.104. The highest BCUT2D eigenvalue weighted by molar-refractivity contribution is 9.10. The molecule has 0 spiro atoms. The van der Waals surface area contributed by atoms with Crippen LogP contribution in [0.2, 0.25) is 5.02 Å². The van der Waals surface area contributed by atoms with E-state index in [0.717, 1.165) is 15.6 Å². The number of hydrogen-bond acceptors (Lipinski definition) is 5. The van der Waals surface area contributed by atoms with Gasteiger partial charge in [0.2, 0.25) is 0 Å². The molecule has 5 nitrogen and oxygen atoms in total. The smallest absolute Gasteiger partial charge is 0.338 e. The second-order valence-corrected chi connectivity index (χ2v) is 7.55. The zero-order chi connectivity index (χ0) is 19.6. The van der Waals surface area contributed by atoms with E-state index in [-0.39, 0.29) is 0 Å². The zero-order valence-electron chi connectivity index (χ0n) is 15.3. The molecule has 1 aliphatic heterocycles. The van der Waals surface area contributed by atoms with Crippen molar-refractivity contribution < 1.29 is 23.7 Å². The molecule has 0 aliphatic carbocycles. The molecule has 0 N–H and O–H groups in total. The van der Waals surface area contributed by atoms with Crippen LogP contribution in [-0.4, -0.2) is 40.2 Å². The fourth-order valence-electron chi connectivity index (χ4n) is 3.76. The fraction of sp³-hybridized carbons (Fsp3) is 0.350. The predicted octanol–water partition coefficient (Wildman–Crippen LogP) is 4.58. The summed E-state index contributed by atoms with van der Waals surface area (Å²) in [5, 5.41) is 0.568. The van der Waals surface area contributed by atoms with Crippen LogP contribution in [0.15, 0.2) is 40.9 Å². The molecular weight excluding hydrogens is 436 g/mol. The van der Waals surface area contributed by atoms with Crippen LogP contribution in [0.3, 0.4) is 0 Å². The second kappa shape index (κ2) is 8.19. The van der Waals surface area contributed by atoms with E-state index in [2.05, 4.69) is 15.9 Å². The Bertz CT molecular complexity index is 852. The molecule has 0 amide bonds. The highest BCUT2D eigenvalue weighted by Crippen LogP contribution is 2.49. The van der Waals surface area contributed by atoms with E-state index < -0.39 is 17.7 Å². The average Bonchev–Trinajstić information content (AvgIpc) is 2.68. The first-order chi connectivity index (χ1) is 13.0. The van der Waals surface area contributed by atoms with Crippen LogP contribution >= 0.6 is 27.5 Å². The molecule has 2 aromatic rings. The standard InChI is InChI=1S/C20H20BrClO5/c1-24-18(23)14-6-4-12(21)10-16(14)20(19(25-2)26-3)8-9-27-17-11-13(22)5-7-15(17)20/h4-7,10-11,19H,8-9H2,1-3H3. The van der Waals surface area contributed by atoms with Crippen molar-refractivity contribution in [1.29, 1.82) is 0 Å². The Morgan fingerprint density at radius 3 is 2.56 bits per heavy atom. The minimum absolute atomic E-state index is 0.420. The quantitative estimate of drug-likeness (QED) is 0.488. The number of benzene rings is 2. The molecule has 1 atom stereocenters. The number of ether oxygens (including phenoxy) is 4. The minimum atomic E-state index is -0.783. The Morgan fingerprint density at radius 2 is 1.89 bits per heavy atom. The van der Waals surface area contributed by atoms with Crippen LogP contribution in [0.25, 0.3) is 0 Å². The third-order valence-electron chi connectivity index (χ3n) is 4.88. The number of carbonyl (C=O) groups excluding carboxylic acids is 1. The van der Waals surface area contributed by atoms with Crippen molar-refractivity contribution in [3.63, 3.8) is 0 Å². The maximum atomic E-state index is 12.5. The van der Waals surface area contributed by atoms with Crippen molar-refractivity contribution in [2.45, 2.75) is 18.1 Å². The Morgan fingerprint density at radius 1 is 1.15 bits per heavy atom. The number of carbonyl (C=O) groups is 1. The number of methoxy groups -OCH3 is 3. The Balaban J connectivity index is 2.37. The van der Waals surface area contributed by atoms with Crippen molar-refractivity contribution in [3.05, 3.63) is 62.6 Å². The lowest BCUT2D eigenvalue weighted by Crippen LogP contribution is -2.47. The van der Waals surface area contributed by atoms with Crippen molar-refractivity contribution in [2.24, 2.45) is 0 Å². The first kappa shape index (κ1) is 20.1. The lowest BCUT2D eigenvalue weighted by atomic mass is 9.68. The van der Waals surface area contributed by atoms with Crippen molar-refractivity contribution in [1.82, 2.24) is 0 Å². The maximum absolute atomic E-state index is 12.5. The number of esters is 1. The first-order valence-electron chi connectivity index (χ1n) is 8.34. The molecule has 0 saturated carbocycles. The molecule has 2 aromatic carbocycles. The monoisotopic (exact) mass is 454 g/mol. The van der Waals surface area contributed by atoms with Gasteiger partial charge in [0.25, 0.3) is 0 Å². The molecule has 0 aromatic heterocycles.